The fraction of sp³-hybridized carbons (Fsp3) is 0.174. The van der Waals surface area contributed by atoms with E-state index in [0.29, 0.717) is 31.3 Å². The highest BCUT2D eigenvalue weighted by Crippen LogP contribution is 2.29. The van der Waals surface area contributed by atoms with Crippen LogP contribution in [0.15, 0.2) is 66.7 Å². The van der Waals surface area contributed by atoms with Crippen molar-refractivity contribution >= 4 is 11.7 Å². The summed E-state index contributed by atoms with van der Waals surface area (Å²) in [5, 5.41) is 12.3. The summed E-state index contributed by atoms with van der Waals surface area (Å²) in [6, 6.07) is 18.4. The molecule has 0 saturated heterocycles. The number of hydrogen-bond acceptors (Lipinski definition) is 4. The van der Waals surface area contributed by atoms with Crippen LogP contribution in [0.4, 0.5) is 10.1 Å². The van der Waals surface area contributed by atoms with Crippen LogP contribution in [0.5, 0.6) is 11.5 Å². The summed E-state index contributed by atoms with van der Waals surface area (Å²) in [7, 11) is 0. The summed E-state index contributed by atoms with van der Waals surface area (Å²) in [4.78, 5) is 11.1. The first-order valence-corrected chi connectivity index (χ1v) is 9.25. The predicted molar refractivity (Wildman–Crippen MR) is 109 cm³/mol. The van der Waals surface area contributed by atoms with Crippen molar-refractivity contribution in [3.63, 3.8) is 0 Å². The molecular weight excluding hydrogens is 373 g/mol. The molecule has 0 atom stereocenters. The predicted octanol–water partition coefficient (Wildman–Crippen LogP) is 5.11. The van der Waals surface area contributed by atoms with Gasteiger partial charge in [-0.25, -0.2) is 9.18 Å². The Kier molecular flexibility index (Phi) is 6.68. The van der Waals surface area contributed by atoms with Crippen molar-refractivity contribution in [1.82, 2.24) is 0 Å². The average Bonchev–Trinajstić information content (AvgIpc) is 2.73. The summed E-state index contributed by atoms with van der Waals surface area (Å²) in [6.07, 6.45) is 0. The molecule has 0 amide bonds. The first-order chi connectivity index (χ1) is 14.0. The van der Waals surface area contributed by atoms with Gasteiger partial charge in [-0.1, -0.05) is 24.3 Å². The van der Waals surface area contributed by atoms with E-state index in [2.05, 4.69) is 5.32 Å². The number of carboxylic acids is 1. The molecule has 150 valence electrons. The largest absolute Gasteiger partial charge is 0.490 e. The van der Waals surface area contributed by atoms with Gasteiger partial charge in [0.15, 0.2) is 11.5 Å². The molecule has 3 rings (SSSR count). The fourth-order valence-corrected chi connectivity index (χ4v) is 2.76. The fourth-order valence-electron chi connectivity index (χ4n) is 2.76. The van der Waals surface area contributed by atoms with Crippen molar-refractivity contribution in [2.75, 3.05) is 11.9 Å². The van der Waals surface area contributed by atoms with E-state index in [9.17, 15) is 9.18 Å². The van der Waals surface area contributed by atoms with E-state index >= 15 is 0 Å². The van der Waals surface area contributed by atoms with E-state index in [-0.39, 0.29) is 11.4 Å². The van der Waals surface area contributed by atoms with Crippen LogP contribution in [0.25, 0.3) is 0 Å². The monoisotopic (exact) mass is 395 g/mol. The van der Waals surface area contributed by atoms with Crippen LogP contribution in [-0.4, -0.2) is 17.7 Å². The van der Waals surface area contributed by atoms with Crippen LogP contribution in [0, 0.1) is 5.82 Å². The summed E-state index contributed by atoms with van der Waals surface area (Å²) in [5.41, 5.74) is 2.77. The highest BCUT2D eigenvalue weighted by molar-refractivity contribution is 5.88. The van der Waals surface area contributed by atoms with Gasteiger partial charge in [0.1, 0.15) is 12.4 Å². The number of benzene rings is 3. The molecule has 0 heterocycles. The topological polar surface area (TPSA) is 67.8 Å². The zero-order valence-electron chi connectivity index (χ0n) is 16.0. The molecule has 0 saturated carbocycles. The Labute approximate surface area is 168 Å². The Bertz CT molecular complexity index is 973. The minimum Gasteiger partial charge on any atom is -0.490 e. The van der Waals surface area contributed by atoms with Gasteiger partial charge in [-0.15, -0.1) is 0 Å². The lowest BCUT2D eigenvalue weighted by Crippen LogP contribution is -2.04. The van der Waals surface area contributed by atoms with Crippen molar-refractivity contribution in [3.8, 4) is 11.5 Å². The number of ether oxygens (including phenoxy) is 2. The molecule has 0 fully saturated rings. The number of nitrogens with one attached hydrogen (secondary N) is 1. The van der Waals surface area contributed by atoms with E-state index in [1.54, 1.807) is 30.3 Å². The minimum atomic E-state index is -0.963. The van der Waals surface area contributed by atoms with Gasteiger partial charge in [0.05, 0.1) is 12.2 Å². The smallest absolute Gasteiger partial charge is 0.335 e. The lowest BCUT2D eigenvalue weighted by Gasteiger charge is -2.14. The minimum absolute atomic E-state index is 0.231. The van der Waals surface area contributed by atoms with Gasteiger partial charge in [0, 0.05) is 12.2 Å². The second-order valence-corrected chi connectivity index (χ2v) is 6.37. The number of carbonyl (C=O) groups is 1. The van der Waals surface area contributed by atoms with Gasteiger partial charge in [-0.2, -0.15) is 0 Å². The van der Waals surface area contributed by atoms with Crippen LogP contribution >= 0.6 is 0 Å². The molecule has 0 spiro atoms. The third-order valence-electron chi connectivity index (χ3n) is 4.22. The van der Waals surface area contributed by atoms with Crippen molar-refractivity contribution in [3.05, 3.63) is 89.2 Å². The molecule has 3 aromatic rings. The summed E-state index contributed by atoms with van der Waals surface area (Å²) < 4.78 is 24.6. The van der Waals surface area contributed by atoms with E-state index in [0.717, 1.165) is 16.8 Å². The van der Waals surface area contributed by atoms with E-state index in [4.69, 9.17) is 14.6 Å². The number of anilines is 1. The number of halogens is 1. The molecule has 29 heavy (non-hydrogen) atoms. The molecule has 3 aromatic carbocycles. The Morgan fingerprint density at radius 3 is 2.45 bits per heavy atom. The molecule has 0 bridgehead atoms. The van der Waals surface area contributed by atoms with E-state index < -0.39 is 5.97 Å². The second-order valence-electron chi connectivity index (χ2n) is 6.37. The molecule has 5 nitrogen and oxygen atoms in total. The van der Waals surface area contributed by atoms with Gasteiger partial charge in [0.2, 0.25) is 0 Å². The first kappa shape index (κ1) is 20.2. The molecule has 2 N–H and O–H groups in total. The van der Waals surface area contributed by atoms with Crippen LogP contribution < -0.4 is 14.8 Å². The molecule has 0 aliphatic heterocycles. The van der Waals surface area contributed by atoms with Crippen LogP contribution in [0.3, 0.4) is 0 Å². The third-order valence-corrected chi connectivity index (χ3v) is 4.22. The molecular formula is C23H22FNO4. The Morgan fingerprint density at radius 1 is 0.966 bits per heavy atom. The zero-order valence-corrected chi connectivity index (χ0v) is 16.0. The average molecular weight is 395 g/mol. The maximum Gasteiger partial charge on any atom is 0.335 e. The van der Waals surface area contributed by atoms with Crippen LogP contribution in [-0.2, 0) is 13.2 Å². The van der Waals surface area contributed by atoms with Crippen molar-refractivity contribution in [2.24, 2.45) is 0 Å². The molecule has 0 unspecified atom stereocenters. The Hall–Kier alpha value is -3.54. The van der Waals surface area contributed by atoms with Gasteiger partial charge in [-0.3, -0.25) is 0 Å². The van der Waals surface area contributed by atoms with Crippen LogP contribution in [0.1, 0.15) is 28.4 Å². The van der Waals surface area contributed by atoms with Gasteiger partial charge < -0.3 is 19.9 Å². The van der Waals surface area contributed by atoms with Gasteiger partial charge in [0.25, 0.3) is 0 Å². The van der Waals surface area contributed by atoms with Crippen molar-refractivity contribution in [2.45, 2.75) is 20.1 Å². The normalized spacial score (nSPS) is 10.4. The molecule has 0 radical (unpaired) electrons. The second kappa shape index (κ2) is 9.59. The highest BCUT2D eigenvalue weighted by atomic mass is 19.1. The lowest BCUT2D eigenvalue weighted by molar-refractivity contribution is 0.0697. The number of hydrogen-bond donors (Lipinski definition) is 2. The highest BCUT2D eigenvalue weighted by Gasteiger charge is 2.08. The van der Waals surface area contributed by atoms with Gasteiger partial charge in [-0.05, 0) is 60.5 Å². The number of carboxylic acid groups (broad SMARTS) is 1. The van der Waals surface area contributed by atoms with Gasteiger partial charge >= 0.3 is 5.97 Å². The SMILES string of the molecule is CCOc1cc(CNc2cccc(C(=O)O)c2)ccc1OCc1ccc(F)cc1. The number of rotatable bonds is 9. The molecule has 0 aliphatic rings. The maximum atomic E-state index is 13.0. The molecule has 6 heteroatoms. The number of aromatic carboxylic acids is 1. The molecule has 0 aromatic heterocycles. The lowest BCUT2D eigenvalue weighted by atomic mass is 10.1. The standard InChI is InChI=1S/C23H22FNO4/c1-2-28-22-12-17(14-25-20-5-3-4-18(13-20)23(26)27)8-11-21(22)29-15-16-6-9-19(24)10-7-16/h3-13,25H,2,14-15H2,1H3,(H,26,27). The first-order valence-electron chi connectivity index (χ1n) is 9.25. The van der Waals surface area contributed by atoms with Crippen LogP contribution in [0.2, 0.25) is 0 Å². The van der Waals surface area contributed by atoms with E-state index in [1.807, 2.05) is 31.2 Å². The Morgan fingerprint density at radius 2 is 1.72 bits per heavy atom. The van der Waals surface area contributed by atoms with Crippen molar-refractivity contribution in [1.29, 1.82) is 0 Å². The third kappa shape index (κ3) is 5.72. The maximum absolute atomic E-state index is 13.0. The Balaban J connectivity index is 1.67. The zero-order chi connectivity index (χ0) is 20.6. The van der Waals surface area contributed by atoms with Crippen molar-refractivity contribution < 1.29 is 23.8 Å². The summed E-state index contributed by atoms with van der Waals surface area (Å²) in [5.74, 6) is -0.0227. The molecule has 0 aliphatic carbocycles. The summed E-state index contributed by atoms with van der Waals surface area (Å²) in [6.45, 7) is 3.19. The quantitative estimate of drug-likeness (QED) is 0.527. The van der Waals surface area contributed by atoms with E-state index in [1.165, 1.54) is 12.1 Å². The summed E-state index contributed by atoms with van der Waals surface area (Å²) >= 11 is 0.